The number of likely N-dealkylation sites (tertiary alicyclic amines) is 1. The van der Waals surface area contributed by atoms with E-state index in [1.807, 2.05) is 18.3 Å². The summed E-state index contributed by atoms with van der Waals surface area (Å²) in [5.41, 5.74) is 2.38. The Hall–Kier alpha value is -2.47. The number of nitrogens with zero attached hydrogens (tertiary/aromatic N) is 4. The van der Waals surface area contributed by atoms with Crippen LogP contribution in [0.5, 0.6) is 0 Å². The van der Waals surface area contributed by atoms with Gasteiger partial charge in [0.05, 0.1) is 0 Å². The number of hydrogen-bond donors (Lipinski definition) is 0. The molecule has 2 aliphatic rings. The van der Waals surface area contributed by atoms with Crippen LogP contribution < -0.4 is 4.90 Å². The predicted octanol–water partition coefficient (Wildman–Crippen LogP) is 4.39. The lowest BCUT2D eigenvalue weighted by Crippen LogP contribution is -2.45. The average Bonchev–Trinajstić information content (AvgIpc) is 3.24. The van der Waals surface area contributed by atoms with E-state index in [2.05, 4.69) is 45.1 Å². The average molecular weight is 421 g/mol. The molecular weight excluding hydrogens is 392 g/mol. The highest BCUT2D eigenvalue weighted by atomic mass is 32.1. The standard InChI is InChI=1S/C24H28N4OS/c29-23(27-13-8-19(9-14-27)17-18-5-2-1-3-6-18)20-10-15-28(16-11-20)24-26-21-7-4-12-25-22(21)30-24/h1-7,12,19-20H,8-11,13-17H2. The molecule has 1 aromatic carbocycles. The molecule has 0 spiro atoms. The molecule has 5 nitrogen and oxygen atoms in total. The van der Waals surface area contributed by atoms with Crippen molar-refractivity contribution in [2.75, 3.05) is 31.1 Å². The number of carbonyl (C=O) groups excluding carboxylic acids is 1. The molecule has 6 heteroatoms. The Morgan fingerprint density at radius 3 is 2.47 bits per heavy atom. The van der Waals surface area contributed by atoms with Crippen LogP contribution in [0.15, 0.2) is 48.7 Å². The molecule has 0 saturated carbocycles. The highest BCUT2D eigenvalue weighted by Crippen LogP contribution is 2.31. The Labute approximate surface area is 181 Å². The number of thiazole rings is 1. The number of aromatic nitrogens is 2. The molecule has 0 unspecified atom stereocenters. The molecule has 0 radical (unpaired) electrons. The third-order valence-corrected chi connectivity index (χ3v) is 7.60. The summed E-state index contributed by atoms with van der Waals surface area (Å²) in [5.74, 6) is 1.24. The molecule has 2 saturated heterocycles. The van der Waals surface area contributed by atoms with Gasteiger partial charge in [0.25, 0.3) is 0 Å². The van der Waals surface area contributed by atoms with E-state index in [-0.39, 0.29) is 5.92 Å². The lowest BCUT2D eigenvalue weighted by Gasteiger charge is -2.37. The zero-order valence-electron chi connectivity index (χ0n) is 17.2. The van der Waals surface area contributed by atoms with Crippen molar-refractivity contribution in [1.82, 2.24) is 14.9 Å². The Bertz CT molecular complexity index is 956. The van der Waals surface area contributed by atoms with Gasteiger partial charge in [-0.05, 0) is 55.7 Å². The van der Waals surface area contributed by atoms with Gasteiger partial charge >= 0.3 is 0 Å². The van der Waals surface area contributed by atoms with Crippen molar-refractivity contribution in [3.8, 4) is 0 Å². The first kappa shape index (κ1) is 19.5. The Balaban J connectivity index is 1.12. The second-order valence-electron chi connectivity index (χ2n) is 8.54. The van der Waals surface area contributed by atoms with Crippen LogP contribution >= 0.6 is 11.3 Å². The van der Waals surface area contributed by atoms with Crippen LogP contribution in [0.3, 0.4) is 0 Å². The van der Waals surface area contributed by atoms with Crippen molar-refractivity contribution in [2.24, 2.45) is 11.8 Å². The molecule has 0 N–H and O–H groups in total. The van der Waals surface area contributed by atoms with Gasteiger partial charge in [0.2, 0.25) is 5.91 Å². The zero-order valence-corrected chi connectivity index (χ0v) is 18.1. The largest absolute Gasteiger partial charge is 0.348 e. The molecule has 4 heterocycles. The smallest absolute Gasteiger partial charge is 0.225 e. The molecule has 2 fully saturated rings. The van der Waals surface area contributed by atoms with Crippen LogP contribution in [0.2, 0.25) is 0 Å². The number of hydrogen-bond acceptors (Lipinski definition) is 5. The molecule has 2 aliphatic heterocycles. The van der Waals surface area contributed by atoms with Crippen molar-refractivity contribution >= 4 is 32.7 Å². The lowest BCUT2D eigenvalue weighted by molar-refractivity contribution is -0.137. The van der Waals surface area contributed by atoms with Crippen molar-refractivity contribution in [3.05, 3.63) is 54.2 Å². The molecule has 1 amide bonds. The van der Waals surface area contributed by atoms with E-state index < -0.39 is 0 Å². The first-order valence-electron chi connectivity index (χ1n) is 11.1. The van der Waals surface area contributed by atoms with E-state index in [4.69, 9.17) is 4.98 Å². The Morgan fingerprint density at radius 1 is 0.967 bits per heavy atom. The molecule has 0 bridgehead atoms. The monoisotopic (exact) mass is 420 g/mol. The fourth-order valence-corrected chi connectivity index (χ4v) is 5.73. The summed E-state index contributed by atoms with van der Waals surface area (Å²) in [4.78, 5) is 27.7. The predicted molar refractivity (Wildman–Crippen MR) is 122 cm³/mol. The van der Waals surface area contributed by atoms with Crippen LogP contribution in [0, 0.1) is 11.8 Å². The third kappa shape index (κ3) is 4.19. The maximum Gasteiger partial charge on any atom is 0.225 e. The molecule has 30 heavy (non-hydrogen) atoms. The van der Waals surface area contributed by atoms with Crippen LogP contribution in [0.4, 0.5) is 5.13 Å². The Kier molecular flexibility index (Phi) is 5.67. The van der Waals surface area contributed by atoms with Crippen LogP contribution in [-0.2, 0) is 11.2 Å². The zero-order chi connectivity index (χ0) is 20.3. The summed E-state index contributed by atoms with van der Waals surface area (Å²) in [5, 5.41) is 1.04. The third-order valence-electron chi connectivity index (χ3n) is 6.56. The summed E-state index contributed by atoms with van der Waals surface area (Å²) >= 11 is 1.65. The van der Waals surface area contributed by atoms with Gasteiger partial charge < -0.3 is 9.80 Å². The summed E-state index contributed by atoms with van der Waals surface area (Å²) in [7, 11) is 0. The lowest BCUT2D eigenvalue weighted by atomic mass is 9.88. The minimum atomic E-state index is 0.166. The number of amides is 1. The molecule has 2 aromatic heterocycles. The van der Waals surface area contributed by atoms with E-state index >= 15 is 0 Å². The highest BCUT2D eigenvalue weighted by molar-refractivity contribution is 7.21. The number of pyridine rings is 1. The second-order valence-corrected chi connectivity index (χ2v) is 9.50. The van der Waals surface area contributed by atoms with Gasteiger partial charge in [0.1, 0.15) is 10.3 Å². The number of rotatable bonds is 4. The minimum Gasteiger partial charge on any atom is -0.348 e. The number of anilines is 1. The molecule has 0 atom stereocenters. The number of piperidine rings is 2. The van der Waals surface area contributed by atoms with E-state index in [9.17, 15) is 4.79 Å². The highest BCUT2D eigenvalue weighted by Gasteiger charge is 2.31. The summed E-state index contributed by atoms with van der Waals surface area (Å²) in [6.45, 7) is 3.64. The molecule has 0 aliphatic carbocycles. The van der Waals surface area contributed by atoms with Gasteiger partial charge in [-0.2, -0.15) is 0 Å². The number of benzene rings is 1. The van der Waals surface area contributed by atoms with Crippen LogP contribution in [0.25, 0.3) is 10.3 Å². The van der Waals surface area contributed by atoms with Gasteiger partial charge in [-0.3, -0.25) is 4.79 Å². The maximum absolute atomic E-state index is 13.1. The fourth-order valence-electron chi connectivity index (χ4n) is 4.77. The first-order valence-corrected chi connectivity index (χ1v) is 11.9. The van der Waals surface area contributed by atoms with Crippen molar-refractivity contribution in [2.45, 2.75) is 32.1 Å². The SMILES string of the molecule is O=C(C1CCN(c2nc3cccnc3s2)CC1)N1CCC(Cc2ccccc2)CC1. The van der Waals surface area contributed by atoms with Gasteiger partial charge in [0, 0.05) is 38.3 Å². The number of carbonyl (C=O) groups is 1. The van der Waals surface area contributed by atoms with E-state index in [1.165, 1.54) is 5.56 Å². The molecule has 156 valence electrons. The van der Waals surface area contributed by atoms with Gasteiger partial charge in [0.15, 0.2) is 5.13 Å². The molecular formula is C24H28N4OS. The molecule has 3 aromatic rings. The van der Waals surface area contributed by atoms with Crippen molar-refractivity contribution in [3.63, 3.8) is 0 Å². The van der Waals surface area contributed by atoms with E-state index in [1.54, 1.807) is 11.3 Å². The van der Waals surface area contributed by atoms with Crippen LogP contribution in [-0.4, -0.2) is 47.0 Å². The quantitative estimate of drug-likeness (QED) is 0.628. The Morgan fingerprint density at radius 2 is 1.73 bits per heavy atom. The topological polar surface area (TPSA) is 49.3 Å². The van der Waals surface area contributed by atoms with Crippen molar-refractivity contribution < 1.29 is 4.79 Å². The maximum atomic E-state index is 13.1. The molecule has 5 rings (SSSR count). The first-order chi connectivity index (χ1) is 14.8. The summed E-state index contributed by atoms with van der Waals surface area (Å²) in [6, 6.07) is 14.7. The fraction of sp³-hybridized carbons (Fsp3) is 0.458. The van der Waals surface area contributed by atoms with Gasteiger partial charge in [-0.1, -0.05) is 41.7 Å². The summed E-state index contributed by atoms with van der Waals surface area (Å²) < 4.78 is 0. The van der Waals surface area contributed by atoms with E-state index in [0.717, 1.165) is 73.8 Å². The normalized spacial score (nSPS) is 18.8. The van der Waals surface area contributed by atoms with Crippen molar-refractivity contribution in [1.29, 1.82) is 0 Å². The van der Waals surface area contributed by atoms with Gasteiger partial charge in [-0.15, -0.1) is 0 Å². The van der Waals surface area contributed by atoms with E-state index in [0.29, 0.717) is 11.8 Å². The summed E-state index contributed by atoms with van der Waals surface area (Å²) in [6.07, 6.45) is 7.05. The number of fused-ring (bicyclic) bond motifs is 1. The van der Waals surface area contributed by atoms with Gasteiger partial charge in [-0.25, -0.2) is 9.97 Å². The minimum absolute atomic E-state index is 0.166. The van der Waals surface area contributed by atoms with Crippen LogP contribution in [0.1, 0.15) is 31.2 Å². The second kappa shape index (κ2) is 8.72.